The fraction of sp³-hybridized carbons (Fsp3) is 0.310. The van der Waals surface area contributed by atoms with Gasteiger partial charge in [-0.2, -0.15) is 0 Å². The van der Waals surface area contributed by atoms with E-state index < -0.39 is 28.5 Å². The average Bonchev–Trinajstić information content (AvgIpc) is 2.87. The maximum absolute atomic E-state index is 13.9. The highest BCUT2D eigenvalue weighted by molar-refractivity contribution is 7.92. The molecular formula is C29H35N3O4S. The minimum Gasteiger partial charge on any atom is -0.357 e. The summed E-state index contributed by atoms with van der Waals surface area (Å²) in [7, 11) is -2.57. The third-order valence-electron chi connectivity index (χ3n) is 6.75. The molecule has 2 amide bonds. The number of carbonyl (C=O) groups is 2. The molecule has 1 N–H and O–H groups in total. The molecule has 0 aliphatic carbocycles. The van der Waals surface area contributed by atoms with Gasteiger partial charge in [-0.25, -0.2) is 8.42 Å². The van der Waals surface area contributed by atoms with Gasteiger partial charge in [-0.3, -0.25) is 13.9 Å². The van der Waals surface area contributed by atoms with E-state index in [0.29, 0.717) is 5.69 Å². The summed E-state index contributed by atoms with van der Waals surface area (Å²) in [4.78, 5) is 28.0. The second-order valence-corrected chi connectivity index (χ2v) is 11.1. The van der Waals surface area contributed by atoms with Crippen molar-refractivity contribution in [3.8, 4) is 0 Å². The molecule has 1 atom stereocenters. The predicted octanol–water partition coefficient (Wildman–Crippen LogP) is 4.28. The molecule has 196 valence electrons. The van der Waals surface area contributed by atoms with Crippen LogP contribution < -0.4 is 9.62 Å². The number of hydrogen-bond donors (Lipinski definition) is 1. The standard InChI is InChI=1S/C29H35N3O4S/c1-20-14-16-26(17-15-20)37(35,36)32(27-13-9-11-21(2)23(27)4)19-28(33)31(24(5)29(34)30-6)18-25-12-8-7-10-22(25)3/h7-17,24H,18-19H2,1-6H3,(H,30,34). The van der Waals surface area contributed by atoms with Crippen LogP contribution in [0.25, 0.3) is 0 Å². The van der Waals surface area contributed by atoms with E-state index in [4.69, 9.17) is 0 Å². The van der Waals surface area contributed by atoms with Crippen molar-refractivity contribution < 1.29 is 18.0 Å². The lowest BCUT2D eigenvalue weighted by Gasteiger charge is -2.32. The van der Waals surface area contributed by atoms with E-state index in [-0.39, 0.29) is 17.3 Å². The van der Waals surface area contributed by atoms with Crippen molar-refractivity contribution in [1.29, 1.82) is 0 Å². The van der Waals surface area contributed by atoms with Crippen molar-refractivity contribution in [3.05, 3.63) is 94.5 Å². The summed E-state index contributed by atoms with van der Waals surface area (Å²) >= 11 is 0. The topological polar surface area (TPSA) is 86.8 Å². The first-order valence-corrected chi connectivity index (χ1v) is 13.6. The quantitative estimate of drug-likeness (QED) is 0.455. The number of aryl methyl sites for hydroxylation is 3. The van der Waals surface area contributed by atoms with Crippen LogP contribution in [0.15, 0.2) is 71.6 Å². The number of nitrogens with zero attached hydrogens (tertiary/aromatic N) is 2. The van der Waals surface area contributed by atoms with Gasteiger partial charge in [0.25, 0.3) is 10.0 Å². The van der Waals surface area contributed by atoms with Gasteiger partial charge in [0, 0.05) is 13.6 Å². The highest BCUT2D eigenvalue weighted by atomic mass is 32.2. The van der Waals surface area contributed by atoms with Gasteiger partial charge in [-0.15, -0.1) is 0 Å². The number of carbonyl (C=O) groups excluding carboxylic acids is 2. The zero-order valence-corrected chi connectivity index (χ0v) is 23.1. The molecule has 1 unspecified atom stereocenters. The molecule has 8 heteroatoms. The Morgan fingerprint density at radius 3 is 2.11 bits per heavy atom. The molecule has 0 bridgehead atoms. The Morgan fingerprint density at radius 2 is 1.49 bits per heavy atom. The van der Waals surface area contributed by atoms with Gasteiger partial charge in [0.1, 0.15) is 12.6 Å². The van der Waals surface area contributed by atoms with Crippen LogP contribution in [0.3, 0.4) is 0 Å². The number of amides is 2. The largest absolute Gasteiger partial charge is 0.357 e. The van der Waals surface area contributed by atoms with E-state index in [1.54, 1.807) is 43.3 Å². The maximum Gasteiger partial charge on any atom is 0.264 e. The Labute approximate surface area is 220 Å². The highest BCUT2D eigenvalue weighted by Crippen LogP contribution is 2.29. The summed E-state index contributed by atoms with van der Waals surface area (Å²) in [5.41, 5.74) is 4.88. The first kappa shape index (κ1) is 27.9. The molecule has 0 fully saturated rings. The summed E-state index contributed by atoms with van der Waals surface area (Å²) in [6.07, 6.45) is 0. The third-order valence-corrected chi connectivity index (χ3v) is 8.52. The van der Waals surface area contributed by atoms with Crippen LogP contribution in [0.5, 0.6) is 0 Å². The minimum absolute atomic E-state index is 0.0941. The van der Waals surface area contributed by atoms with Crippen LogP contribution >= 0.6 is 0 Å². The SMILES string of the molecule is CNC(=O)C(C)N(Cc1ccccc1C)C(=O)CN(c1cccc(C)c1C)S(=O)(=O)c1ccc(C)cc1. The Morgan fingerprint density at radius 1 is 0.865 bits per heavy atom. The Kier molecular flexibility index (Phi) is 8.76. The number of anilines is 1. The smallest absolute Gasteiger partial charge is 0.264 e. The second kappa shape index (κ2) is 11.6. The predicted molar refractivity (Wildman–Crippen MR) is 147 cm³/mol. The normalized spacial score (nSPS) is 12.1. The van der Waals surface area contributed by atoms with Crippen LogP contribution in [0.2, 0.25) is 0 Å². The van der Waals surface area contributed by atoms with Gasteiger partial charge < -0.3 is 10.2 Å². The molecule has 0 spiro atoms. The number of nitrogens with one attached hydrogen (secondary N) is 1. The van der Waals surface area contributed by atoms with Crippen LogP contribution in [-0.2, 0) is 26.2 Å². The first-order chi connectivity index (χ1) is 17.5. The average molecular weight is 522 g/mol. The van der Waals surface area contributed by atoms with E-state index in [1.165, 1.54) is 11.9 Å². The molecule has 0 heterocycles. The summed E-state index contributed by atoms with van der Waals surface area (Å²) in [5.74, 6) is -0.808. The van der Waals surface area contributed by atoms with Gasteiger partial charge in [0.2, 0.25) is 11.8 Å². The number of likely N-dealkylation sites (N-methyl/N-ethyl adjacent to an activating group) is 1. The molecule has 3 rings (SSSR count). The summed E-state index contributed by atoms with van der Waals surface area (Å²) in [5, 5.41) is 2.60. The van der Waals surface area contributed by atoms with E-state index >= 15 is 0 Å². The van der Waals surface area contributed by atoms with Crippen molar-refractivity contribution in [2.45, 2.75) is 52.1 Å². The first-order valence-electron chi connectivity index (χ1n) is 12.2. The number of hydrogen-bond acceptors (Lipinski definition) is 4. The van der Waals surface area contributed by atoms with Crippen LogP contribution in [0, 0.1) is 27.7 Å². The van der Waals surface area contributed by atoms with Crippen molar-refractivity contribution in [2.75, 3.05) is 17.9 Å². The molecule has 3 aromatic rings. The van der Waals surface area contributed by atoms with Gasteiger partial charge in [-0.05, 0) is 75.1 Å². The molecule has 3 aromatic carbocycles. The van der Waals surface area contributed by atoms with Gasteiger partial charge in [0.05, 0.1) is 10.6 Å². The summed E-state index contributed by atoms with van der Waals surface area (Å²) < 4.78 is 29.0. The number of benzene rings is 3. The molecule has 7 nitrogen and oxygen atoms in total. The van der Waals surface area contributed by atoms with Gasteiger partial charge in [-0.1, -0.05) is 54.1 Å². The molecule has 0 aliphatic heterocycles. The van der Waals surface area contributed by atoms with E-state index in [1.807, 2.05) is 58.0 Å². The van der Waals surface area contributed by atoms with Crippen LogP contribution in [0.4, 0.5) is 5.69 Å². The molecule has 0 aliphatic rings. The van der Waals surface area contributed by atoms with E-state index in [9.17, 15) is 18.0 Å². The molecular weight excluding hydrogens is 486 g/mol. The maximum atomic E-state index is 13.9. The van der Waals surface area contributed by atoms with E-state index in [2.05, 4.69) is 5.32 Å². The minimum atomic E-state index is -4.09. The monoisotopic (exact) mass is 521 g/mol. The zero-order chi connectivity index (χ0) is 27.3. The van der Waals surface area contributed by atoms with Crippen molar-refractivity contribution in [1.82, 2.24) is 10.2 Å². The van der Waals surface area contributed by atoms with Crippen LogP contribution in [0.1, 0.15) is 34.7 Å². The highest BCUT2D eigenvalue weighted by Gasteiger charge is 2.33. The Bertz CT molecular complexity index is 1380. The number of sulfonamides is 1. The molecule has 0 saturated carbocycles. The lowest BCUT2D eigenvalue weighted by molar-refractivity contribution is -0.139. The molecule has 0 aromatic heterocycles. The number of rotatable bonds is 9. The summed E-state index contributed by atoms with van der Waals surface area (Å²) in [6, 6.07) is 18.7. The zero-order valence-electron chi connectivity index (χ0n) is 22.3. The molecule has 37 heavy (non-hydrogen) atoms. The fourth-order valence-electron chi connectivity index (χ4n) is 4.12. The molecule has 0 radical (unpaired) electrons. The van der Waals surface area contributed by atoms with Gasteiger partial charge in [0.15, 0.2) is 0 Å². The lowest BCUT2D eigenvalue weighted by Crippen LogP contribution is -2.51. The lowest BCUT2D eigenvalue weighted by atomic mass is 10.1. The fourth-order valence-corrected chi connectivity index (χ4v) is 5.59. The van der Waals surface area contributed by atoms with Crippen molar-refractivity contribution in [3.63, 3.8) is 0 Å². The van der Waals surface area contributed by atoms with E-state index in [0.717, 1.165) is 32.1 Å². The van der Waals surface area contributed by atoms with Crippen molar-refractivity contribution >= 4 is 27.5 Å². The summed E-state index contributed by atoms with van der Waals surface area (Å²) in [6.45, 7) is 8.92. The molecule has 0 saturated heterocycles. The third kappa shape index (κ3) is 6.20. The van der Waals surface area contributed by atoms with Crippen LogP contribution in [-0.4, -0.2) is 44.8 Å². The Hall–Kier alpha value is -3.65. The van der Waals surface area contributed by atoms with Crippen molar-refractivity contribution in [2.24, 2.45) is 0 Å². The Balaban J connectivity index is 2.09. The van der Waals surface area contributed by atoms with Gasteiger partial charge >= 0.3 is 0 Å². The second-order valence-electron chi connectivity index (χ2n) is 9.28.